The first-order valence-electron chi connectivity index (χ1n) is 5.82. The van der Waals surface area contributed by atoms with Gasteiger partial charge in [0, 0.05) is 13.3 Å². The lowest BCUT2D eigenvalue weighted by molar-refractivity contribution is -0.363. The van der Waals surface area contributed by atoms with Crippen LogP contribution in [0.3, 0.4) is 0 Å². The summed E-state index contributed by atoms with van der Waals surface area (Å²) in [5, 5.41) is 0. The second-order valence-corrected chi connectivity index (χ2v) is 4.61. The van der Waals surface area contributed by atoms with Crippen LogP contribution >= 0.6 is 0 Å². The molecule has 0 aliphatic rings. The first kappa shape index (κ1) is 19.8. The van der Waals surface area contributed by atoms with E-state index in [1.54, 1.807) is 0 Å². The van der Waals surface area contributed by atoms with Gasteiger partial charge in [-0.25, -0.2) is 9.79 Å². The lowest BCUT2D eigenvalue weighted by atomic mass is 9.93. The molecule has 0 amide bonds. The largest absolute Gasteiger partial charge is 0.378 e. The van der Waals surface area contributed by atoms with E-state index in [0.29, 0.717) is 0 Å². The van der Waals surface area contributed by atoms with Crippen molar-refractivity contribution in [2.75, 3.05) is 0 Å². The predicted molar refractivity (Wildman–Crippen MR) is 56.9 cm³/mol. The van der Waals surface area contributed by atoms with Crippen LogP contribution in [0.25, 0.3) is 0 Å². The molecule has 0 aliphatic carbocycles. The summed E-state index contributed by atoms with van der Waals surface area (Å²) < 4.78 is 104. The average molecular weight is 327 g/mol. The van der Waals surface area contributed by atoms with Crippen molar-refractivity contribution in [3.05, 3.63) is 0 Å². The van der Waals surface area contributed by atoms with E-state index >= 15 is 0 Å². The van der Waals surface area contributed by atoms with Crippen LogP contribution in [0.15, 0.2) is 4.99 Å². The van der Waals surface area contributed by atoms with Crippen LogP contribution in [0, 0.1) is 0 Å². The van der Waals surface area contributed by atoms with Gasteiger partial charge in [-0.2, -0.15) is 35.1 Å². The Morgan fingerprint density at radius 1 is 1.00 bits per heavy atom. The lowest BCUT2D eigenvalue weighted by Gasteiger charge is -2.36. The van der Waals surface area contributed by atoms with Gasteiger partial charge in [-0.1, -0.05) is 13.3 Å². The number of aliphatic imine (C=N–C) groups is 1. The second-order valence-electron chi connectivity index (χ2n) is 4.61. The molecule has 0 radical (unpaired) electrons. The molecule has 21 heavy (non-hydrogen) atoms. The molecule has 0 aromatic carbocycles. The molecular formula is C11H13F8NO. The van der Waals surface area contributed by atoms with Crippen LogP contribution in [0.1, 0.15) is 33.1 Å². The summed E-state index contributed by atoms with van der Waals surface area (Å²) in [5.41, 5.74) is 0. The quantitative estimate of drug-likeness (QED) is 0.368. The number of rotatable bonds is 8. The SMILES string of the molecule is CCCC(CC(F)(F)C(F)(F)C(F)(F)C(C)(F)F)N=C=O. The summed E-state index contributed by atoms with van der Waals surface area (Å²) in [5.74, 6) is -23.4. The van der Waals surface area contributed by atoms with Gasteiger partial charge in [0.15, 0.2) is 0 Å². The Bertz CT molecular complexity index is 398. The molecule has 0 heterocycles. The van der Waals surface area contributed by atoms with E-state index in [2.05, 4.69) is 4.99 Å². The topological polar surface area (TPSA) is 29.4 Å². The maximum absolute atomic E-state index is 13.4. The normalized spacial score (nSPS) is 15.5. The molecule has 0 rings (SSSR count). The van der Waals surface area contributed by atoms with E-state index in [1.165, 1.54) is 6.92 Å². The van der Waals surface area contributed by atoms with Gasteiger partial charge >= 0.3 is 23.7 Å². The van der Waals surface area contributed by atoms with Crippen LogP contribution < -0.4 is 0 Å². The Morgan fingerprint density at radius 3 is 1.81 bits per heavy atom. The number of hydrogen-bond acceptors (Lipinski definition) is 2. The van der Waals surface area contributed by atoms with Crippen LogP contribution in [0.2, 0.25) is 0 Å². The second kappa shape index (κ2) is 6.29. The van der Waals surface area contributed by atoms with Crippen molar-refractivity contribution in [3.63, 3.8) is 0 Å². The van der Waals surface area contributed by atoms with E-state index in [1.807, 2.05) is 0 Å². The molecule has 0 aromatic rings. The van der Waals surface area contributed by atoms with Crippen molar-refractivity contribution in [1.29, 1.82) is 0 Å². The Balaban J connectivity index is 5.51. The number of nitrogens with zero attached hydrogens (tertiary/aromatic N) is 1. The zero-order chi connectivity index (χ0) is 17.1. The highest BCUT2D eigenvalue weighted by molar-refractivity contribution is 5.33. The number of alkyl halides is 8. The van der Waals surface area contributed by atoms with E-state index in [9.17, 15) is 39.9 Å². The first-order chi connectivity index (χ1) is 9.24. The monoisotopic (exact) mass is 327 g/mol. The van der Waals surface area contributed by atoms with Gasteiger partial charge in [-0.15, -0.1) is 0 Å². The zero-order valence-electron chi connectivity index (χ0n) is 11.1. The standard InChI is InChI=1S/C11H13F8NO/c1-3-4-7(20-6-21)5-9(14,15)11(18,19)10(16,17)8(2,12)13/h7H,3-5H2,1-2H3. The van der Waals surface area contributed by atoms with Crippen LogP contribution in [-0.2, 0) is 4.79 Å². The summed E-state index contributed by atoms with van der Waals surface area (Å²) in [6.07, 6.45) is -1.25. The third kappa shape index (κ3) is 3.93. The lowest BCUT2D eigenvalue weighted by Crippen LogP contribution is -2.61. The summed E-state index contributed by atoms with van der Waals surface area (Å²) in [4.78, 5) is 12.8. The highest BCUT2D eigenvalue weighted by Crippen LogP contribution is 2.53. The highest BCUT2D eigenvalue weighted by atomic mass is 19.4. The summed E-state index contributed by atoms with van der Waals surface area (Å²) in [6.45, 7) is 0.864. The summed E-state index contributed by atoms with van der Waals surface area (Å²) in [6, 6.07) is -1.71. The minimum absolute atomic E-state index is 0.137. The molecule has 0 saturated heterocycles. The maximum Gasteiger partial charge on any atom is 0.378 e. The van der Waals surface area contributed by atoms with Crippen molar-refractivity contribution >= 4 is 6.08 Å². The Morgan fingerprint density at radius 2 is 1.48 bits per heavy atom. The fourth-order valence-corrected chi connectivity index (χ4v) is 1.55. The van der Waals surface area contributed by atoms with Gasteiger partial charge in [-0.3, -0.25) is 0 Å². The number of halogens is 8. The van der Waals surface area contributed by atoms with Crippen LogP contribution in [0.5, 0.6) is 0 Å². The molecule has 2 nitrogen and oxygen atoms in total. The Kier molecular flexibility index (Phi) is 5.94. The molecule has 10 heteroatoms. The molecule has 0 fully saturated rings. The Labute approximate surface area is 115 Å². The van der Waals surface area contributed by atoms with E-state index in [4.69, 9.17) is 0 Å². The van der Waals surface area contributed by atoms with Gasteiger partial charge in [0.25, 0.3) is 0 Å². The molecule has 0 saturated carbocycles. The molecule has 0 aliphatic heterocycles. The van der Waals surface area contributed by atoms with E-state index in [-0.39, 0.29) is 12.8 Å². The molecule has 0 spiro atoms. The fourth-order valence-electron chi connectivity index (χ4n) is 1.55. The summed E-state index contributed by atoms with van der Waals surface area (Å²) >= 11 is 0. The molecule has 1 atom stereocenters. The van der Waals surface area contributed by atoms with Crippen molar-refractivity contribution in [2.24, 2.45) is 4.99 Å². The Hall–Kier alpha value is -1.18. The number of carbonyl (C=O) groups excluding carboxylic acids is 1. The van der Waals surface area contributed by atoms with Crippen molar-refractivity contribution in [1.82, 2.24) is 0 Å². The van der Waals surface area contributed by atoms with Gasteiger partial charge < -0.3 is 0 Å². The molecule has 124 valence electrons. The smallest absolute Gasteiger partial charge is 0.211 e. The number of hydrogen-bond donors (Lipinski definition) is 0. The molecular weight excluding hydrogens is 314 g/mol. The molecule has 0 N–H and O–H groups in total. The average Bonchev–Trinajstić information content (AvgIpc) is 2.27. The van der Waals surface area contributed by atoms with Crippen molar-refractivity contribution in [3.8, 4) is 0 Å². The van der Waals surface area contributed by atoms with E-state index in [0.717, 1.165) is 6.08 Å². The van der Waals surface area contributed by atoms with Crippen LogP contribution in [0.4, 0.5) is 35.1 Å². The minimum Gasteiger partial charge on any atom is -0.211 e. The molecule has 0 aromatic heterocycles. The third-order valence-electron chi connectivity index (χ3n) is 2.75. The number of isocyanates is 1. The van der Waals surface area contributed by atoms with Crippen molar-refractivity contribution < 1.29 is 39.9 Å². The van der Waals surface area contributed by atoms with Crippen LogP contribution in [-0.4, -0.2) is 35.8 Å². The van der Waals surface area contributed by atoms with Gasteiger partial charge in [0.05, 0.1) is 6.04 Å². The first-order valence-corrected chi connectivity index (χ1v) is 5.82. The highest BCUT2D eigenvalue weighted by Gasteiger charge is 2.78. The van der Waals surface area contributed by atoms with Crippen molar-refractivity contribution in [2.45, 2.75) is 62.8 Å². The zero-order valence-corrected chi connectivity index (χ0v) is 11.1. The van der Waals surface area contributed by atoms with Gasteiger partial charge in [0.2, 0.25) is 6.08 Å². The molecule has 0 bridgehead atoms. The van der Waals surface area contributed by atoms with Gasteiger partial charge in [0.1, 0.15) is 0 Å². The minimum atomic E-state index is -6.30. The van der Waals surface area contributed by atoms with Gasteiger partial charge in [-0.05, 0) is 6.42 Å². The van der Waals surface area contributed by atoms with E-state index < -0.39 is 43.1 Å². The predicted octanol–water partition coefficient (Wildman–Crippen LogP) is 4.44. The third-order valence-corrected chi connectivity index (χ3v) is 2.75. The maximum atomic E-state index is 13.4. The summed E-state index contributed by atoms with van der Waals surface area (Å²) in [7, 11) is 0. The molecule has 1 unspecified atom stereocenters. The fraction of sp³-hybridized carbons (Fsp3) is 0.909.